The summed E-state index contributed by atoms with van der Waals surface area (Å²) in [4.78, 5) is 0. The molecule has 0 spiro atoms. The predicted octanol–water partition coefficient (Wildman–Crippen LogP) is 3.39. The Kier molecular flexibility index (Phi) is 2.98. The SMILES string of the molecule is C1CC2CCCC2C1.C=C. The summed E-state index contributed by atoms with van der Waals surface area (Å²) in [6.07, 6.45) is 9.31. The van der Waals surface area contributed by atoms with Gasteiger partial charge in [-0.05, 0) is 11.8 Å². The van der Waals surface area contributed by atoms with Gasteiger partial charge in [-0.2, -0.15) is 0 Å². The minimum atomic E-state index is 1.18. The van der Waals surface area contributed by atoms with Crippen LogP contribution in [-0.2, 0) is 0 Å². The molecule has 2 aliphatic rings. The van der Waals surface area contributed by atoms with Crippen LogP contribution in [0.2, 0.25) is 0 Å². The molecule has 0 unspecified atom stereocenters. The van der Waals surface area contributed by atoms with Crippen LogP contribution in [0.25, 0.3) is 0 Å². The van der Waals surface area contributed by atoms with Crippen LogP contribution in [0, 0.1) is 11.8 Å². The molecule has 10 heavy (non-hydrogen) atoms. The van der Waals surface area contributed by atoms with E-state index in [-0.39, 0.29) is 0 Å². The lowest BCUT2D eigenvalue weighted by atomic mass is 10.0. The average molecular weight is 138 g/mol. The Morgan fingerprint density at radius 2 is 1.00 bits per heavy atom. The lowest BCUT2D eigenvalue weighted by molar-refractivity contribution is 0.457. The maximum absolute atomic E-state index is 3.00. The number of rotatable bonds is 0. The first-order valence-corrected chi connectivity index (χ1v) is 4.47. The first-order chi connectivity index (χ1) is 4.97. The Hall–Kier alpha value is -0.260. The Morgan fingerprint density at radius 1 is 0.700 bits per heavy atom. The van der Waals surface area contributed by atoms with Crippen LogP contribution in [0.15, 0.2) is 13.2 Å². The molecule has 0 aliphatic heterocycles. The van der Waals surface area contributed by atoms with Gasteiger partial charge in [-0.15, -0.1) is 13.2 Å². The van der Waals surface area contributed by atoms with Gasteiger partial charge in [0, 0.05) is 0 Å². The molecule has 2 rings (SSSR count). The molecule has 0 amide bonds. The van der Waals surface area contributed by atoms with Gasteiger partial charge in [0.25, 0.3) is 0 Å². The lowest BCUT2D eigenvalue weighted by Gasteiger charge is -2.04. The highest BCUT2D eigenvalue weighted by atomic mass is 14.4. The minimum absolute atomic E-state index is 1.18. The Labute approximate surface area is 64.3 Å². The molecule has 2 saturated carbocycles. The van der Waals surface area contributed by atoms with Gasteiger partial charge in [0.15, 0.2) is 0 Å². The Bertz CT molecular complexity index is 76.2. The molecule has 0 aromatic rings. The second kappa shape index (κ2) is 3.80. The fourth-order valence-corrected chi connectivity index (χ4v) is 2.52. The molecule has 0 saturated heterocycles. The van der Waals surface area contributed by atoms with E-state index in [9.17, 15) is 0 Å². The van der Waals surface area contributed by atoms with Crippen molar-refractivity contribution < 1.29 is 0 Å². The Balaban J connectivity index is 0.000000231. The third kappa shape index (κ3) is 1.42. The van der Waals surface area contributed by atoms with Crippen molar-refractivity contribution in [2.45, 2.75) is 38.5 Å². The first-order valence-electron chi connectivity index (χ1n) is 4.47. The van der Waals surface area contributed by atoms with Crippen molar-refractivity contribution in [3.8, 4) is 0 Å². The van der Waals surface area contributed by atoms with E-state index in [1.807, 2.05) is 0 Å². The summed E-state index contributed by atoms with van der Waals surface area (Å²) in [5.41, 5.74) is 0. The molecule has 0 atom stereocenters. The third-order valence-electron chi connectivity index (χ3n) is 2.97. The normalized spacial score (nSPS) is 36.4. The van der Waals surface area contributed by atoms with E-state index in [1.165, 1.54) is 24.7 Å². The molecule has 2 aliphatic carbocycles. The van der Waals surface area contributed by atoms with Gasteiger partial charge >= 0.3 is 0 Å². The fourth-order valence-electron chi connectivity index (χ4n) is 2.52. The molecule has 0 heteroatoms. The number of hydrogen-bond acceptors (Lipinski definition) is 0. The highest BCUT2D eigenvalue weighted by Gasteiger charge is 2.30. The van der Waals surface area contributed by atoms with Gasteiger partial charge in [-0.25, -0.2) is 0 Å². The third-order valence-corrected chi connectivity index (χ3v) is 2.97. The zero-order chi connectivity index (χ0) is 7.40. The van der Waals surface area contributed by atoms with E-state index < -0.39 is 0 Å². The summed E-state index contributed by atoms with van der Waals surface area (Å²) in [5.74, 6) is 2.35. The van der Waals surface area contributed by atoms with Crippen molar-refractivity contribution >= 4 is 0 Å². The van der Waals surface area contributed by atoms with Crippen LogP contribution >= 0.6 is 0 Å². The molecule has 0 heterocycles. The lowest BCUT2D eigenvalue weighted by Crippen LogP contribution is -1.95. The van der Waals surface area contributed by atoms with Gasteiger partial charge in [-0.1, -0.05) is 38.5 Å². The monoisotopic (exact) mass is 138 g/mol. The molecule has 0 aromatic carbocycles. The predicted molar refractivity (Wildman–Crippen MR) is 45.9 cm³/mol. The largest absolute Gasteiger partial charge is 0.106 e. The molecule has 0 radical (unpaired) electrons. The standard InChI is InChI=1S/C8H14.C2H4/c1-3-7-5-2-6-8(7)4-1;1-2/h7-8H,1-6H2;1-2H2. The van der Waals surface area contributed by atoms with Crippen LogP contribution in [0.5, 0.6) is 0 Å². The van der Waals surface area contributed by atoms with E-state index in [1.54, 1.807) is 25.7 Å². The van der Waals surface area contributed by atoms with E-state index in [0.717, 1.165) is 0 Å². The second-order valence-corrected chi connectivity index (χ2v) is 3.38. The van der Waals surface area contributed by atoms with Gasteiger partial charge in [0.05, 0.1) is 0 Å². The smallest absolute Gasteiger partial charge is 0.0386 e. The zero-order valence-electron chi connectivity index (χ0n) is 6.81. The first kappa shape index (κ1) is 7.84. The maximum atomic E-state index is 3.00. The summed E-state index contributed by atoms with van der Waals surface area (Å²) < 4.78 is 0. The molecule has 0 bridgehead atoms. The van der Waals surface area contributed by atoms with Crippen molar-refractivity contribution in [1.29, 1.82) is 0 Å². The molecule has 0 nitrogen and oxygen atoms in total. The fraction of sp³-hybridized carbons (Fsp3) is 0.800. The highest BCUT2D eigenvalue weighted by Crippen LogP contribution is 2.43. The van der Waals surface area contributed by atoms with Crippen molar-refractivity contribution in [2.24, 2.45) is 11.8 Å². The number of hydrogen-bond donors (Lipinski definition) is 0. The van der Waals surface area contributed by atoms with E-state index >= 15 is 0 Å². The van der Waals surface area contributed by atoms with Crippen LogP contribution in [0.1, 0.15) is 38.5 Å². The quantitative estimate of drug-likeness (QED) is 0.450. The molecule has 0 aromatic heterocycles. The minimum Gasteiger partial charge on any atom is -0.106 e. The topological polar surface area (TPSA) is 0 Å². The van der Waals surface area contributed by atoms with Gasteiger partial charge in [-0.3, -0.25) is 0 Å². The molecule has 0 N–H and O–H groups in total. The van der Waals surface area contributed by atoms with Gasteiger partial charge in [0.1, 0.15) is 0 Å². The van der Waals surface area contributed by atoms with E-state index in [0.29, 0.717) is 0 Å². The van der Waals surface area contributed by atoms with Crippen LogP contribution < -0.4 is 0 Å². The van der Waals surface area contributed by atoms with Gasteiger partial charge in [0.2, 0.25) is 0 Å². The number of fused-ring (bicyclic) bond motifs is 1. The van der Waals surface area contributed by atoms with Crippen LogP contribution in [0.4, 0.5) is 0 Å². The highest BCUT2D eigenvalue weighted by molar-refractivity contribution is 4.82. The molecular weight excluding hydrogens is 120 g/mol. The zero-order valence-corrected chi connectivity index (χ0v) is 6.81. The van der Waals surface area contributed by atoms with Crippen molar-refractivity contribution in [3.63, 3.8) is 0 Å². The summed E-state index contributed by atoms with van der Waals surface area (Å²) in [6, 6.07) is 0. The van der Waals surface area contributed by atoms with Crippen molar-refractivity contribution in [3.05, 3.63) is 13.2 Å². The summed E-state index contributed by atoms with van der Waals surface area (Å²) in [6.45, 7) is 6.00. The van der Waals surface area contributed by atoms with Gasteiger partial charge < -0.3 is 0 Å². The van der Waals surface area contributed by atoms with Crippen LogP contribution in [-0.4, -0.2) is 0 Å². The maximum Gasteiger partial charge on any atom is -0.0386 e. The van der Waals surface area contributed by atoms with Crippen molar-refractivity contribution in [2.75, 3.05) is 0 Å². The Morgan fingerprint density at radius 3 is 1.30 bits per heavy atom. The summed E-state index contributed by atoms with van der Waals surface area (Å²) in [5, 5.41) is 0. The average Bonchev–Trinajstić information content (AvgIpc) is 2.49. The van der Waals surface area contributed by atoms with E-state index in [4.69, 9.17) is 0 Å². The van der Waals surface area contributed by atoms with E-state index in [2.05, 4.69) is 13.2 Å². The molecule has 2 fully saturated rings. The van der Waals surface area contributed by atoms with Crippen LogP contribution in [0.3, 0.4) is 0 Å². The second-order valence-electron chi connectivity index (χ2n) is 3.38. The molecule has 58 valence electrons. The molecular formula is C10H18. The summed E-state index contributed by atoms with van der Waals surface area (Å²) in [7, 11) is 0. The van der Waals surface area contributed by atoms with Crippen molar-refractivity contribution in [1.82, 2.24) is 0 Å². The summed E-state index contributed by atoms with van der Waals surface area (Å²) >= 11 is 0.